The molecule has 2 heterocycles. The van der Waals surface area contributed by atoms with Crippen LogP contribution in [0.15, 0.2) is 24.5 Å². The van der Waals surface area contributed by atoms with Gasteiger partial charge in [0, 0.05) is 57.4 Å². The second-order valence-corrected chi connectivity index (χ2v) is 15.4. The van der Waals surface area contributed by atoms with Crippen molar-refractivity contribution in [3.8, 4) is 0 Å². The maximum Gasteiger partial charge on any atom is 0.326 e. The molecule has 3 aliphatic rings. The van der Waals surface area contributed by atoms with Crippen molar-refractivity contribution in [2.45, 2.75) is 121 Å². The van der Waals surface area contributed by atoms with Crippen LogP contribution in [0.2, 0.25) is 0 Å². The van der Waals surface area contributed by atoms with E-state index in [-0.39, 0.29) is 54.3 Å². The predicted octanol–water partition coefficient (Wildman–Crippen LogP) is 2.77. The zero-order chi connectivity index (χ0) is 38.5. The summed E-state index contributed by atoms with van der Waals surface area (Å²) in [5.74, 6) is -3.42. The molecule has 1 aromatic rings. The van der Waals surface area contributed by atoms with Gasteiger partial charge < -0.3 is 39.8 Å². The summed E-state index contributed by atoms with van der Waals surface area (Å²) in [6.07, 6.45) is 10.2. The van der Waals surface area contributed by atoms with Crippen molar-refractivity contribution in [3.05, 3.63) is 30.1 Å². The van der Waals surface area contributed by atoms with E-state index >= 15 is 0 Å². The SMILES string of the molecule is CN1C(=O)C[C@H](C(=O)NCCOC2CCC(OCCCC(=O)NC3CCC(C(=O)N(CC(=O)O)CC(=O)OC(C)(C)C)CC3)CC2)[C@H]1c1cccnc1. The molecular weight excluding hydrogens is 686 g/mol. The summed E-state index contributed by atoms with van der Waals surface area (Å²) in [7, 11) is 1.72. The van der Waals surface area contributed by atoms with Gasteiger partial charge in [0.2, 0.25) is 23.6 Å². The van der Waals surface area contributed by atoms with E-state index in [9.17, 15) is 33.9 Å². The third-order valence-electron chi connectivity index (χ3n) is 10.0. The average Bonchev–Trinajstić information content (AvgIpc) is 3.41. The first-order chi connectivity index (χ1) is 25.2. The second kappa shape index (κ2) is 19.8. The van der Waals surface area contributed by atoms with E-state index < -0.39 is 42.5 Å². The monoisotopic (exact) mass is 743 g/mol. The zero-order valence-corrected chi connectivity index (χ0v) is 31.6. The lowest BCUT2D eigenvalue weighted by Crippen LogP contribution is -2.46. The highest BCUT2D eigenvalue weighted by molar-refractivity contribution is 5.90. The summed E-state index contributed by atoms with van der Waals surface area (Å²) in [4.78, 5) is 81.5. The number of carboxylic acid groups (broad SMARTS) is 1. The minimum Gasteiger partial charge on any atom is -0.480 e. The van der Waals surface area contributed by atoms with Gasteiger partial charge in [-0.05, 0) is 90.2 Å². The number of likely N-dealkylation sites (tertiary alicyclic amines) is 1. The summed E-state index contributed by atoms with van der Waals surface area (Å²) in [6, 6.07) is 3.29. The Hall–Kier alpha value is -4.11. The molecular formula is C38H57N5O10. The first-order valence-electron chi connectivity index (χ1n) is 18.9. The van der Waals surface area contributed by atoms with Crippen molar-refractivity contribution in [1.29, 1.82) is 0 Å². The molecule has 0 spiro atoms. The third kappa shape index (κ3) is 13.4. The minimum absolute atomic E-state index is 0.0628. The number of carbonyl (C=O) groups is 6. The molecule has 53 heavy (non-hydrogen) atoms. The van der Waals surface area contributed by atoms with E-state index in [0.29, 0.717) is 58.3 Å². The van der Waals surface area contributed by atoms with Crippen LogP contribution >= 0.6 is 0 Å². The Morgan fingerprint density at radius 1 is 0.962 bits per heavy atom. The molecule has 15 nitrogen and oxygen atoms in total. The van der Waals surface area contributed by atoms with Crippen molar-refractivity contribution in [3.63, 3.8) is 0 Å². The molecule has 1 aliphatic heterocycles. The van der Waals surface area contributed by atoms with Crippen molar-refractivity contribution in [1.82, 2.24) is 25.4 Å². The summed E-state index contributed by atoms with van der Waals surface area (Å²) in [5.41, 5.74) is 0.0936. The van der Waals surface area contributed by atoms with Gasteiger partial charge in [0.1, 0.15) is 18.7 Å². The van der Waals surface area contributed by atoms with Gasteiger partial charge in [0.15, 0.2) is 0 Å². The number of nitrogens with zero attached hydrogens (tertiary/aromatic N) is 3. The van der Waals surface area contributed by atoms with Crippen molar-refractivity contribution < 1.29 is 48.1 Å². The summed E-state index contributed by atoms with van der Waals surface area (Å²) in [5, 5.41) is 15.3. The van der Waals surface area contributed by atoms with Crippen LogP contribution < -0.4 is 10.6 Å². The van der Waals surface area contributed by atoms with Crippen LogP contribution in [-0.2, 0) is 43.0 Å². The number of nitrogens with one attached hydrogen (secondary N) is 2. The van der Waals surface area contributed by atoms with E-state index in [1.54, 1.807) is 51.2 Å². The molecule has 0 aromatic carbocycles. The molecule has 15 heteroatoms. The Labute approximate surface area is 311 Å². The topological polar surface area (TPSA) is 194 Å². The highest BCUT2D eigenvalue weighted by atomic mass is 16.6. The lowest BCUT2D eigenvalue weighted by molar-refractivity contribution is -0.161. The molecule has 3 N–H and O–H groups in total. The van der Waals surface area contributed by atoms with Gasteiger partial charge in [-0.1, -0.05) is 6.07 Å². The Morgan fingerprint density at radius 2 is 1.62 bits per heavy atom. The van der Waals surface area contributed by atoms with Crippen LogP contribution in [0.4, 0.5) is 0 Å². The maximum absolute atomic E-state index is 13.1. The summed E-state index contributed by atoms with van der Waals surface area (Å²) in [6.45, 7) is 5.35. The van der Waals surface area contributed by atoms with E-state index in [4.69, 9.17) is 14.2 Å². The quantitative estimate of drug-likeness (QED) is 0.157. The molecule has 2 aliphatic carbocycles. The fraction of sp³-hybridized carbons (Fsp3) is 0.711. The molecule has 4 amide bonds. The maximum atomic E-state index is 13.1. The Balaban J connectivity index is 1.04. The number of hydrogen-bond donors (Lipinski definition) is 3. The number of rotatable bonds is 17. The van der Waals surface area contributed by atoms with Gasteiger partial charge in [-0.2, -0.15) is 0 Å². The number of aromatic nitrogens is 1. The molecule has 3 fully saturated rings. The number of carbonyl (C=O) groups excluding carboxylic acids is 5. The average molecular weight is 744 g/mol. The number of hydrogen-bond acceptors (Lipinski definition) is 10. The van der Waals surface area contributed by atoms with Gasteiger partial charge in [-0.15, -0.1) is 0 Å². The highest BCUT2D eigenvalue weighted by Gasteiger charge is 2.42. The van der Waals surface area contributed by atoms with Gasteiger partial charge in [-0.25, -0.2) is 0 Å². The van der Waals surface area contributed by atoms with E-state index in [1.807, 2.05) is 6.07 Å². The van der Waals surface area contributed by atoms with E-state index in [1.165, 1.54) is 0 Å². The second-order valence-electron chi connectivity index (χ2n) is 15.4. The van der Waals surface area contributed by atoms with E-state index in [2.05, 4.69) is 15.6 Å². The smallest absolute Gasteiger partial charge is 0.326 e. The molecule has 1 aromatic heterocycles. The molecule has 294 valence electrons. The van der Waals surface area contributed by atoms with Crippen molar-refractivity contribution >= 4 is 35.6 Å². The number of amides is 4. The number of aliphatic carboxylic acids is 1. The van der Waals surface area contributed by atoms with Crippen LogP contribution in [0, 0.1) is 11.8 Å². The van der Waals surface area contributed by atoms with Gasteiger partial charge in [0.05, 0.1) is 30.8 Å². The van der Waals surface area contributed by atoms with Crippen LogP contribution in [0.5, 0.6) is 0 Å². The molecule has 1 saturated heterocycles. The Kier molecular flexibility index (Phi) is 15.6. The van der Waals surface area contributed by atoms with Crippen molar-refractivity contribution in [2.24, 2.45) is 11.8 Å². The molecule has 0 unspecified atom stereocenters. The predicted molar refractivity (Wildman–Crippen MR) is 192 cm³/mol. The third-order valence-corrected chi connectivity index (χ3v) is 10.0. The lowest BCUT2D eigenvalue weighted by atomic mass is 9.85. The largest absolute Gasteiger partial charge is 0.480 e. The summed E-state index contributed by atoms with van der Waals surface area (Å²) < 4.78 is 17.4. The standard InChI is InChI=1S/C38H57N5O10/c1-38(2,3)53-34(48)24-43(23-33(46)47)37(50)25-9-11-27(12-10-25)41-31(44)8-6-19-51-28-13-15-29(16-14-28)52-20-18-40-36(49)30-21-32(45)42(4)35(30)26-7-5-17-39-22-26/h5,7,17,22,25,27-30,35H,6,8-16,18-21,23-24H2,1-4H3,(H,40,49)(H,41,44)(H,46,47)/t25?,27?,28?,29?,30-,35+/m0/s1. The number of esters is 1. The fourth-order valence-electron chi connectivity index (χ4n) is 7.44. The minimum atomic E-state index is -1.20. The zero-order valence-electron chi connectivity index (χ0n) is 31.6. The van der Waals surface area contributed by atoms with Gasteiger partial charge in [-0.3, -0.25) is 33.8 Å². The van der Waals surface area contributed by atoms with Crippen LogP contribution in [0.1, 0.15) is 103 Å². The van der Waals surface area contributed by atoms with Crippen LogP contribution in [-0.4, -0.2) is 119 Å². The van der Waals surface area contributed by atoms with Gasteiger partial charge in [0.25, 0.3) is 0 Å². The highest BCUT2D eigenvalue weighted by Crippen LogP contribution is 2.36. The van der Waals surface area contributed by atoms with E-state index in [0.717, 1.165) is 36.1 Å². The lowest BCUT2D eigenvalue weighted by Gasteiger charge is -2.32. The Bertz CT molecular complexity index is 1400. The molecule has 0 radical (unpaired) electrons. The molecule has 2 saturated carbocycles. The van der Waals surface area contributed by atoms with Crippen molar-refractivity contribution in [2.75, 3.05) is 39.9 Å². The summed E-state index contributed by atoms with van der Waals surface area (Å²) >= 11 is 0. The van der Waals surface area contributed by atoms with Crippen LogP contribution in [0.3, 0.4) is 0 Å². The molecule has 0 bridgehead atoms. The van der Waals surface area contributed by atoms with Crippen LogP contribution in [0.25, 0.3) is 0 Å². The number of carboxylic acids is 1. The van der Waals surface area contributed by atoms with Gasteiger partial charge >= 0.3 is 11.9 Å². The number of pyridine rings is 1. The first kappa shape index (κ1) is 41.6. The Morgan fingerprint density at radius 3 is 2.23 bits per heavy atom. The fourth-order valence-corrected chi connectivity index (χ4v) is 7.44. The number of ether oxygens (including phenoxy) is 3. The molecule has 2 atom stereocenters. The first-order valence-corrected chi connectivity index (χ1v) is 18.9. The molecule has 4 rings (SSSR count). The normalized spacial score (nSPS) is 24.7.